The number of nitrogens with zero attached hydrogens (tertiary/aromatic N) is 1. The minimum atomic E-state index is -3.25. The van der Waals surface area contributed by atoms with Gasteiger partial charge in [0.05, 0.1) is 56.5 Å². The molecule has 3 unspecified atom stereocenters. The Balaban J connectivity index is 1.59. The summed E-state index contributed by atoms with van der Waals surface area (Å²) in [4.78, 5) is 12.3. The van der Waals surface area contributed by atoms with Crippen LogP contribution in [0, 0.1) is 11.3 Å². The smallest absolute Gasteiger partial charge is 0.327 e. The van der Waals surface area contributed by atoms with E-state index in [-0.39, 0.29) is 63.0 Å². The number of benzene rings is 1. The lowest BCUT2D eigenvalue weighted by atomic mass is 10.1. The van der Waals surface area contributed by atoms with Crippen LogP contribution in [0.25, 0.3) is 0 Å². The molecule has 2 fully saturated rings. The largest absolute Gasteiger partial charge is 0.463 e. The Morgan fingerprint density at radius 3 is 2.40 bits per heavy atom. The zero-order chi connectivity index (χ0) is 25.3. The van der Waals surface area contributed by atoms with Crippen molar-refractivity contribution in [3.8, 4) is 6.07 Å². The highest BCUT2D eigenvalue weighted by molar-refractivity contribution is 8.07. The molecule has 0 spiro atoms. The van der Waals surface area contributed by atoms with Gasteiger partial charge in [0, 0.05) is 20.0 Å². The summed E-state index contributed by atoms with van der Waals surface area (Å²) in [5.41, 5.74) is 0.874. The fraction of sp³-hybridized carbons (Fsp3) is 0.667. The number of hydrogen-bond donors (Lipinski definition) is 0. The molecule has 2 aliphatic heterocycles. The van der Waals surface area contributed by atoms with Crippen molar-refractivity contribution in [2.45, 2.75) is 76.2 Å². The molecule has 0 bridgehead atoms. The van der Waals surface area contributed by atoms with Crippen LogP contribution in [-0.2, 0) is 55.5 Å². The van der Waals surface area contributed by atoms with Gasteiger partial charge in [-0.15, -0.1) is 0 Å². The number of nitriles is 1. The van der Waals surface area contributed by atoms with Crippen LogP contribution in [0.4, 0.5) is 0 Å². The van der Waals surface area contributed by atoms with Crippen LogP contribution in [0.3, 0.4) is 0 Å². The Hall–Kier alpha value is -1.41. The molecule has 0 N–H and O–H groups in total. The van der Waals surface area contributed by atoms with E-state index < -0.39 is 18.9 Å². The molecule has 194 valence electrons. The summed E-state index contributed by atoms with van der Waals surface area (Å²) in [6.45, 7) is 0.907. The van der Waals surface area contributed by atoms with Crippen LogP contribution in [0.5, 0.6) is 0 Å². The van der Waals surface area contributed by atoms with Crippen molar-refractivity contribution >= 4 is 24.5 Å². The molecular formula is C24H34NO8PS. The van der Waals surface area contributed by atoms with Crippen LogP contribution in [0.1, 0.15) is 38.7 Å². The van der Waals surface area contributed by atoms with Gasteiger partial charge in [0.15, 0.2) is 0 Å². The van der Waals surface area contributed by atoms with Crippen molar-refractivity contribution < 1.29 is 37.3 Å². The number of hydrogen-bond acceptors (Lipinski definition) is 10. The standard InChI is InChI=1S/C24H34NO8PS/c1-17-12-20(27-3)23(32-17)16-30-34(35,29-11-7-10-25)33-21-13-18(2)31-22(21)15-28-24(26)14-19-8-5-4-6-9-19/h4-6,8-9,17-18,20-23H,7,11-16H2,1-3H3/t17-,18-,20?,21?,22+,23+,34?/m0/s1. The summed E-state index contributed by atoms with van der Waals surface area (Å²) in [5.74, 6) is -0.350. The molecule has 1 aromatic rings. The van der Waals surface area contributed by atoms with E-state index in [1.54, 1.807) is 7.11 Å². The maximum Gasteiger partial charge on any atom is 0.327 e. The molecule has 0 aromatic heterocycles. The molecule has 35 heavy (non-hydrogen) atoms. The second-order valence-electron chi connectivity index (χ2n) is 8.69. The van der Waals surface area contributed by atoms with E-state index in [0.29, 0.717) is 6.42 Å². The maximum atomic E-state index is 12.3. The molecule has 0 amide bonds. The number of carbonyl (C=O) groups is 1. The van der Waals surface area contributed by atoms with E-state index in [9.17, 15) is 4.79 Å². The fourth-order valence-corrected chi connectivity index (χ4v) is 6.25. The molecule has 2 aliphatic rings. The van der Waals surface area contributed by atoms with E-state index in [2.05, 4.69) is 0 Å². The third-order valence-electron chi connectivity index (χ3n) is 5.80. The van der Waals surface area contributed by atoms with Gasteiger partial charge in [0.2, 0.25) is 0 Å². The highest BCUT2D eigenvalue weighted by Gasteiger charge is 2.41. The Morgan fingerprint density at radius 2 is 1.74 bits per heavy atom. The van der Waals surface area contributed by atoms with E-state index in [1.165, 1.54) is 0 Å². The van der Waals surface area contributed by atoms with Crippen LogP contribution >= 0.6 is 6.72 Å². The average Bonchev–Trinajstić information content (AvgIpc) is 3.37. The number of carbonyl (C=O) groups excluding carboxylic acids is 1. The summed E-state index contributed by atoms with van der Waals surface area (Å²) >= 11 is 5.68. The first-order chi connectivity index (χ1) is 16.8. The average molecular weight is 528 g/mol. The first-order valence-corrected chi connectivity index (χ1v) is 14.3. The van der Waals surface area contributed by atoms with Crippen molar-refractivity contribution in [1.29, 1.82) is 5.26 Å². The van der Waals surface area contributed by atoms with Gasteiger partial charge in [-0.1, -0.05) is 30.3 Å². The second kappa shape index (κ2) is 13.8. The summed E-state index contributed by atoms with van der Waals surface area (Å²) in [7, 11) is 1.63. The van der Waals surface area contributed by atoms with E-state index >= 15 is 0 Å². The molecule has 11 heteroatoms. The fourth-order valence-electron chi connectivity index (χ4n) is 4.11. The third-order valence-corrected chi connectivity index (χ3v) is 8.18. The van der Waals surface area contributed by atoms with Crippen molar-refractivity contribution in [3.05, 3.63) is 35.9 Å². The predicted octanol–water partition coefficient (Wildman–Crippen LogP) is 3.70. The molecule has 2 heterocycles. The van der Waals surface area contributed by atoms with E-state index in [4.69, 9.17) is 49.6 Å². The lowest BCUT2D eigenvalue weighted by Gasteiger charge is -2.28. The molecule has 0 aliphatic carbocycles. The Labute approximate surface area is 212 Å². The first-order valence-electron chi connectivity index (χ1n) is 11.8. The number of ether oxygens (including phenoxy) is 4. The summed E-state index contributed by atoms with van der Waals surface area (Å²) in [6.07, 6.45) is 0.162. The van der Waals surface area contributed by atoms with Crippen LogP contribution in [-0.4, -0.2) is 69.5 Å². The van der Waals surface area contributed by atoms with Gasteiger partial charge in [-0.05, 0) is 31.2 Å². The molecule has 1 aromatic carbocycles. The van der Waals surface area contributed by atoms with Gasteiger partial charge < -0.3 is 32.5 Å². The Morgan fingerprint density at radius 1 is 1.09 bits per heavy atom. The molecular weight excluding hydrogens is 493 g/mol. The normalized spacial score (nSPS) is 30.0. The number of methoxy groups -OCH3 is 1. The topological polar surface area (TPSA) is 105 Å². The predicted molar refractivity (Wildman–Crippen MR) is 131 cm³/mol. The van der Waals surface area contributed by atoms with Crippen LogP contribution in [0.2, 0.25) is 0 Å². The summed E-state index contributed by atoms with van der Waals surface area (Å²) in [5, 5.41) is 8.91. The maximum absolute atomic E-state index is 12.3. The third kappa shape index (κ3) is 8.88. The summed E-state index contributed by atoms with van der Waals surface area (Å²) in [6, 6.07) is 11.4. The van der Waals surface area contributed by atoms with Crippen molar-refractivity contribution in [3.63, 3.8) is 0 Å². The van der Waals surface area contributed by atoms with Crippen LogP contribution < -0.4 is 0 Å². The van der Waals surface area contributed by atoms with Gasteiger partial charge >= 0.3 is 12.7 Å². The lowest BCUT2D eigenvalue weighted by molar-refractivity contribution is -0.148. The van der Waals surface area contributed by atoms with Gasteiger partial charge in [0.25, 0.3) is 0 Å². The minimum Gasteiger partial charge on any atom is -0.463 e. The zero-order valence-corrected chi connectivity index (χ0v) is 22.1. The molecule has 9 nitrogen and oxygen atoms in total. The lowest BCUT2D eigenvalue weighted by Crippen LogP contribution is -2.31. The highest BCUT2D eigenvalue weighted by Crippen LogP contribution is 2.53. The minimum absolute atomic E-state index is 0.0310. The SMILES string of the molecule is COC1C[C@H](C)O[C@@H]1COP(=S)(OCCC#N)OC1C[C@H](C)O[C@@H]1COC(=O)Cc1ccccc1. The molecule has 7 atom stereocenters. The highest BCUT2D eigenvalue weighted by atomic mass is 32.5. The Kier molecular flexibility index (Phi) is 11.1. The quantitative estimate of drug-likeness (QED) is 0.214. The molecule has 0 saturated carbocycles. The van der Waals surface area contributed by atoms with E-state index in [0.717, 1.165) is 12.0 Å². The molecule has 3 rings (SSSR count). The monoisotopic (exact) mass is 527 g/mol. The van der Waals surface area contributed by atoms with Crippen LogP contribution in [0.15, 0.2) is 30.3 Å². The van der Waals surface area contributed by atoms with Gasteiger partial charge in [0.1, 0.15) is 18.8 Å². The van der Waals surface area contributed by atoms with Gasteiger partial charge in [-0.25, -0.2) is 0 Å². The number of rotatable bonds is 13. The molecule has 2 saturated heterocycles. The van der Waals surface area contributed by atoms with Crippen molar-refractivity contribution in [2.24, 2.45) is 0 Å². The number of esters is 1. The van der Waals surface area contributed by atoms with Crippen molar-refractivity contribution in [2.75, 3.05) is 26.9 Å². The summed E-state index contributed by atoms with van der Waals surface area (Å²) < 4.78 is 40.8. The first kappa shape index (κ1) is 28.2. The Bertz CT molecular complexity index is 897. The molecule has 0 radical (unpaired) electrons. The van der Waals surface area contributed by atoms with Gasteiger partial charge in [-0.2, -0.15) is 5.26 Å². The van der Waals surface area contributed by atoms with E-state index in [1.807, 2.05) is 50.2 Å². The zero-order valence-electron chi connectivity index (χ0n) is 20.4. The second-order valence-corrected chi connectivity index (χ2v) is 11.7. The van der Waals surface area contributed by atoms with Crippen molar-refractivity contribution in [1.82, 2.24) is 0 Å². The van der Waals surface area contributed by atoms with Gasteiger partial charge in [-0.3, -0.25) is 4.79 Å².